The van der Waals surface area contributed by atoms with E-state index in [9.17, 15) is 0 Å². The van der Waals surface area contributed by atoms with Crippen molar-refractivity contribution >= 4 is 9.52 Å². The molecular formula is C8H18Si. The first-order valence-electron chi connectivity index (χ1n) is 4.43. The van der Waals surface area contributed by atoms with E-state index >= 15 is 0 Å². The molecule has 0 bridgehead atoms. The summed E-state index contributed by atoms with van der Waals surface area (Å²) in [5, 5.41) is 0. The van der Waals surface area contributed by atoms with Gasteiger partial charge in [0.2, 0.25) is 0 Å². The molecule has 1 aliphatic rings. The molecule has 0 saturated carbocycles. The average molecular weight is 142 g/mol. The molecule has 0 aromatic rings. The van der Waals surface area contributed by atoms with Crippen LogP contribution in [-0.4, -0.2) is 9.52 Å². The molecule has 0 aromatic carbocycles. The molecule has 1 heteroatoms. The van der Waals surface area contributed by atoms with E-state index in [1.165, 1.54) is 25.2 Å². The zero-order valence-electron chi connectivity index (χ0n) is 6.53. The van der Waals surface area contributed by atoms with Gasteiger partial charge in [0.25, 0.3) is 0 Å². The van der Waals surface area contributed by atoms with Crippen molar-refractivity contribution in [3.05, 3.63) is 0 Å². The first-order valence-corrected chi connectivity index (χ1v) is 6.43. The predicted octanol–water partition coefficient (Wildman–Crippen LogP) is 2.20. The van der Waals surface area contributed by atoms with Gasteiger partial charge in [-0.2, -0.15) is 0 Å². The van der Waals surface area contributed by atoms with Crippen molar-refractivity contribution in [1.29, 1.82) is 0 Å². The second kappa shape index (κ2) is 4.10. The van der Waals surface area contributed by atoms with Crippen molar-refractivity contribution in [2.45, 2.75) is 44.7 Å². The first kappa shape index (κ1) is 7.33. The van der Waals surface area contributed by atoms with Crippen LogP contribution >= 0.6 is 0 Å². The fraction of sp³-hybridized carbons (Fsp3) is 1.00. The minimum absolute atomic E-state index is 0.523. The lowest BCUT2D eigenvalue weighted by molar-refractivity contribution is 0.501. The van der Waals surface area contributed by atoms with E-state index in [1.54, 1.807) is 18.5 Å². The summed E-state index contributed by atoms with van der Waals surface area (Å²) in [7, 11) is 0.523. The van der Waals surface area contributed by atoms with Crippen molar-refractivity contribution < 1.29 is 0 Å². The quantitative estimate of drug-likeness (QED) is 0.417. The zero-order chi connectivity index (χ0) is 6.53. The van der Waals surface area contributed by atoms with Gasteiger partial charge in [-0.1, -0.05) is 44.7 Å². The van der Waals surface area contributed by atoms with Crippen LogP contribution in [0.3, 0.4) is 0 Å². The highest BCUT2D eigenvalue weighted by atomic mass is 28.2. The van der Waals surface area contributed by atoms with Crippen LogP contribution < -0.4 is 0 Å². The molecule has 0 aliphatic carbocycles. The smallest absolute Gasteiger partial charge is 0.0203 e. The fourth-order valence-electron chi connectivity index (χ4n) is 1.46. The molecule has 0 N–H and O–H groups in total. The first-order chi connectivity index (χ1) is 4.43. The topological polar surface area (TPSA) is 0 Å². The number of unbranched alkanes of at least 4 members (excludes halogenated alkanes) is 2. The molecule has 0 amide bonds. The van der Waals surface area contributed by atoms with E-state index in [0.29, 0.717) is 9.52 Å². The number of hydrogen-bond donors (Lipinski definition) is 0. The molecule has 0 nitrogen and oxygen atoms in total. The van der Waals surface area contributed by atoms with Crippen molar-refractivity contribution in [1.82, 2.24) is 0 Å². The third-order valence-electron chi connectivity index (χ3n) is 2.44. The van der Waals surface area contributed by atoms with Gasteiger partial charge in [0.1, 0.15) is 0 Å². The van der Waals surface area contributed by atoms with E-state index in [0.717, 1.165) is 0 Å². The third kappa shape index (κ3) is 2.52. The van der Waals surface area contributed by atoms with Gasteiger partial charge >= 0.3 is 0 Å². The molecule has 0 aromatic heterocycles. The van der Waals surface area contributed by atoms with Gasteiger partial charge < -0.3 is 0 Å². The molecule has 1 heterocycles. The SMILES string of the molecule is CCCCCC1C[SiH2]C1. The minimum atomic E-state index is 0.523. The number of hydrogen-bond acceptors (Lipinski definition) is 0. The van der Waals surface area contributed by atoms with Crippen LogP contribution in [0.1, 0.15) is 32.6 Å². The molecule has 0 unspecified atom stereocenters. The van der Waals surface area contributed by atoms with E-state index in [4.69, 9.17) is 0 Å². The van der Waals surface area contributed by atoms with Crippen molar-refractivity contribution in [3.8, 4) is 0 Å². The Balaban J connectivity index is 1.80. The monoisotopic (exact) mass is 142 g/mol. The second-order valence-electron chi connectivity index (χ2n) is 3.29. The largest absolute Gasteiger partial charge is 0.0654 e. The molecule has 0 radical (unpaired) electrons. The maximum atomic E-state index is 2.29. The van der Waals surface area contributed by atoms with Crippen LogP contribution in [0.15, 0.2) is 0 Å². The standard InChI is InChI=1S/C8H18Si/c1-2-3-4-5-8-6-9-7-8/h8H,2-7,9H2,1H3. The Morgan fingerprint density at radius 2 is 2.11 bits per heavy atom. The van der Waals surface area contributed by atoms with Gasteiger partial charge in [-0.05, 0) is 5.92 Å². The minimum Gasteiger partial charge on any atom is -0.0654 e. The Morgan fingerprint density at radius 3 is 2.56 bits per heavy atom. The van der Waals surface area contributed by atoms with E-state index in [2.05, 4.69) is 6.92 Å². The summed E-state index contributed by atoms with van der Waals surface area (Å²) >= 11 is 0. The number of rotatable bonds is 4. The molecule has 54 valence electrons. The van der Waals surface area contributed by atoms with Crippen LogP contribution in [-0.2, 0) is 0 Å². The van der Waals surface area contributed by atoms with Gasteiger partial charge in [0, 0.05) is 9.52 Å². The molecule has 1 fully saturated rings. The zero-order valence-corrected chi connectivity index (χ0v) is 7.94. The summed E-state index contributed by atoms with van der Waals surface area (Å²) in [4.78, 5) is 0. The van der Waals surface area contributed by atoms with Gasteiger partial charge in [0.05, 0.1) is 0 Å². The molecule has 1 saturated heterocycles. The summed E-state index contributed by atoms with van der Waals surface area (Å²) in [6.45, 7) is 2.29. The van der Waals surface area contributed by atoms with Crippen LogP contribution in [0.5, 0.6) is 0 Å². The lowest BCUT2D eigenvalue weighted by Crippen LogP contribution is -2.16. The van der Waals surface area contributed by atoms with E-state index < -0.39 is 0 Å². The van der Waals surface area contributed by atoms with E-state index in [-0.39, 0.29) is 0 Å². The van der Waals surface area contributed by atoms with Crippen molar-refractivity contribution in [2.24, 2.45) is 5.92 Å². The lowest BCUT2D eigenvalue weighted by Gasteiger charge is -2.24. The molecule has 0 spiro atoms. The Bertz CT molecular complexity index is 67.0. The highest BCUT2D eigenvalue weighted by molar-refractivity contribution is 6.39. The fourth-order valence-corrected chi connectivity index (χ4v) is 3.03. The average Bonchev–Trinajstić information content (AvgIpc) is 1.76. The van der Waals surface area contributed by atoms with Crippen LogP contribution in [0.4, 0.5) is 0 Å². The maximum absolute atomic E-state index is 2.29. The molecule has 0 atom stereocenters. The predicted molar refractivity (Wildman–Crippen MR) is 45.8 cm³/mol. The van der Waals surface area contributed by atoms with Gasteiger partial charge in [0.15, 0.2) is 0 Å². The maximum Gasteiger partial charge on any atom is 0.0203 e. The third-order valence-corrected chi connectivity index (χ3v) is 4.89. The molecule has 9 heavy (non-hydrogen) atoms. The molecular weight excluding hydrogens is 124 g/mol. The summed E-state index contributed by atoms with van der Waals surface area (Å²) in [5.74, 6) is 1.20. The molecule has 1 rings (SSSR count). The Labute approximate surface area is 60.9 Å². The van der Waals surface area contributed by atoms with Crippen LogP contribution in [0.2, 0.25) is 12.1 Å². The Kier molecular flexibility index (Phi) is 3.34. The van der Waals surface area contributed by atoms with Crippen LogP contribution in [0.25, 0.3) is 0 Å². The van der Waals surface area contributed by atoms with Crippen molar-refractivity contribution in [2.75, 3.05) is 0 Å². The normalized spacial score (nSPS) is 28.3. The molecule has 1 aliphatic heterocycles. The van der Waals surface area contributed by atoms with Gasteiger partial charge in [-0.25, -0.2) is 0 Å². The summed E-state index contributed by atoms with van der Waals surface area (Å²) in [6, 6.07) is 3.34. The Hall–Kier alpha value is 0.217. The summed E-state index contributed by atoms with van der Waals surface area (Å²) < 4.78 is 0. The van der Waals surface area contributed by atoms with Gasteiger partial charge in [-0.3, -0.25) is 0 Å². The van der Waals surface area contributed by atoms with Crippen LogP contribution in [0, 0.1) is 5.92 Å². The Morgan fingerprint density at radius 1 is 1.33 bits per heavy atom. The highest BCUT2D eigenvalue weighted by Gasteiger charge is 2.16. The summed E-state index contributed by atoms with van der Waals surface area (Å²) in [5.41, 5.74) is 0. The van der Waals surface area contributed by atoms with E-state index in [1.807, 2.05) is 0 Å². The highest BCUT2D eigenvalue weighted by Crippen LogP contribution is 2.26. The van der Waals surface area contributed by atoms with Gasteiger partial charge in [-0.15, -0.1) is 0 Å². The van der Waals surface area contributed by atoms with Crippen molar-refractivity contribution in [3.63, 3.8) is 0 Å². The lowest BCUT2D eigenvalue weighted by atomic mass is 10.0. The summed E-state index contributed by atoms with van der Waals surface area (Å²) in [6.07, 6.45) is 5.93. The second-order valence-corrected chi connectivity index (χ2v) is 5.15.